The zero-order chi connectivity index (χ0) is 14.5. The van der Waals surface area contributed by atoms with E-state index in [9.17, 15) is 4.79 Å². The number of nitrogen functional groups attached to an aromatic ring is 1. The van der Waals surface area contributed by atoms with E-state index in [1.54, 1.807) is 24.5 Å². The van der Waals surface area contributed by atoms with Crippen LogP contribution in [0.15, 0.2) is 48.8 Å². The maximum Gasteiger partial charge on any atom is 0.255 e. The molecule has 0 aliphatic rings. The van der Waals surface area contributed by atoms with E-state index >= 15 is 0 Å². The SMILES string of the molecule is CC(C)N(Cc1ccc(N)cc1)C(=O)c1cccnc1. The van der Waals surface area contributed by atoms with E-state index in [0.29, 0.717) is 12.1 Å². The third-order valence-corrected chi connectivity index (χ3v) is 3.13. The molecule has 20 heavy (non-hydrogen) atoms. The molecule has 0 atom stereocenters. The van der Waals surface area contributed by atoms with Gasteiger partial charge in [-0.1, -0.05) is 12.1 Å². The van der Waals surface area contributed by atoms with Crippen molar-refractivity contribution in [1.29, 1.82) is 0 Å². The summed E-state index contributed by atoms with van der Waals surface area (Å²) >= 11 is 0. The van der Waals surface area contributed by atoms with Crippen LogP contribution < -0.4 is 5.73 Å². The smallest absolute Gasteiger partial charge is 0.255 e. The first kappa shape index (κ1) is 14.1. The molecule has 2 rings (SSSR count). The normalized spacial score (nSPS) is 10.6. The fourth-order valence-electron chi connectivity index (χ4n) is 1.96. The minimum absolute atomic E-state index is 0.00933. The van der Waals surface area contributed by atoms with Crippen LogP contribution in [0.2, 0.25) is 0 Å². The van der Waals surface area contributed by atoms with Gasteiger partial charge in [-0.05, 0) is 43.7 Å². The summed E-state index contributed by atoms with van der Waals surface area (Å²) in [6, 6.07) is 11.3. The number of pyridine rings is 1. The van der Waals surface area contributed by atoms with Crippen LogP contribution in [0.3, 0.4) is 0 Å². The fraction of sp³-hybridized carbons (Fsp3) is 0.250. The van der Waals surface area contributed by atoms with Crippen LogP contribution in [0.4, 0.5) is 5.69 Å². The van der Waals surface area contributed by atoms with Crippen molar-refractivity contribution in [3.8, 4) is 0 Å². The van der Waals surface area contributed by atoms with Crippen LogP contribution in [0.5, 0.6) is 0 Å². The molecule has 4 heteroatoms. The van der Waals surface area contributed by atoms with Gasteiger partial charge in [0.05, 0.1) is 5.56 Å². The number of rotatable bonds is 4. The topological polar surface area (TPSA) is 59.2 Å². The molecule has 0 aliphatic heterocycles. The second-order valence-electron chi connectivity index (χ2n) is 5.01. The molecule has 0 saturated carbocycles. The van der Waals surface area contributed by atoms with Gasteiger partial charge in [-0.2, -0.15) is 0 Å². The molecule has 1 aromatic heterocycles. The van der Waals surface area contributed by atoms with Gasteiger partial charge < -0.3 is 10.6 Å². The average molecular weight is 269 g/mol. The van der Waals surface area contributed by atoms with Gasteiger partial charge in [0.1, 0.15) is 0 Å². The molecule has 1 heterocycles. The predicted molar refractivity (Wildman–Crippen MR) is 80.1 cm³/mol. The van der Waals surface area contributed by atoms with Gasteiger partial charge in [-0.15, -0.1) is 0 Å². The Morgan fingerprint density at radius 2 is 1.95 bits per heavy atom. The molecule has 0 fully saturated rings. The van der Waals surface area contributed by atoms with Crippen molar-refractivity contribution in [2.24, 2.45) is 0 Å². The number of nitrogens with zero attached hydrogens (tertiary/aromatic N) is 2. The van der Waals surface area contributed by atoms with E-state index < -0.39 is 0 Å². The number of amides is 1. The van der Waals surface area contributed by atoms with Crippen molar-refractivity contribution in [2.45, 2.75) is 26.4 Å². The highest BCUT2D eigenvalue weighted by Crippen LogP contribution is 2.14. The Balaban J connectivity index is 2.19. The zero-order valence-corrected chi connectivity index (χ0v) is 11.8. The van der Waals surface area contributed by atoms with Crippen LogP contribution in [0.25, 0.3) is 0 Å². The second-order valence-corrected chi connectivity index (χ2v) is 5.01. The summed E-state index contributed by atoms with van der Waals surface area (Å²) in [6.07, 6.45) is 3.26. The molecule has 0 spiro atoms. The largest absolute Gasteiger partial charge is 0.399 e. The Kier molecular flexibility index (Phi) is 4.35. The van der Waals surface area contributed by atoms with Crippen LogP contribution in [-0.4, -0.2) is 21.8 Å². The number of carbonyl (C=O) groups is 1. The first-order chi connectivity index (χ1) is 9.58. The highest BCUT2D eigenvalue weighted by atomic mass is 16.2. The Morgan fingerprint density at radius 1 is 1.25 bits per heavy atom. The first-order valence-electron chi connectivity index (χ1n) is 6.63. The van der Waals surface area contributed by atoms with Crippen molar-refractivity contribution < 1.29 is 4.79 Å². The van der Waals surface area contributed by atoms with Gasteiger partial charge in [-0.3, -0.25) is 9.78 Å². The lowest BCUT2D eigenvalue weighted by Gasteiger charge is -2.27. The highest BCUT2D eigenvalue weighted by Gasteiger charge is 2.19. The summed E-state index contributed by atoms with van der Waals surface area (Å²) in [5.41, 5.74) is 8.07. The maximum atomic E-state index is 12.5. The minimum Gasteiger partial charge on any atom is -0.399 e. The van der Waals surface area contributed by atoms with Gasteiger partial charge in [0, 0.05) is 30.7 Å². The molecule has 0 aliphatic carbocycles. The summed E-state index contributed by atoms with van der Waals surface area (Å²) in [5.74, 6) is -0.00933. The molecule has 0 radical (unpaired) electrons. The average Bonchev–Trinajstić information content (AvgIpc) is 2.46. The third-order valence-electron chi connectivity index (χ3n) is 3.13. The van der Waals surface area contributed by atoms with Crippen LogP contribution in [0, 0.1) is 0 Å². The summed E-state index contributed by atoms with van der Waals surface area (Å²) in [7, 11) is 0. The van der Waals surface area contributed by atoms with Crippen LogP contribution >= 0.6 is 0 Å². The Hall–Kier alpha value is -2.36. The van der Waals surface area contributed by atoms with Gasteiger partial charge >= 0.3 is 0 Å². The predicted octanol–water partition coefficient (Wildman–Crippen LogP) is 2.71. The van der Waals surface area contributed by atoms with Crippen molar-refractivity contribution in [3.05, 3.63) is 59.9 Å². The molecule has 1 aromatic carbocycles. The molecule has 2 N–H and O–H groups in total. The number of anilines is 1. The van der Waals surface area contributed by atoms with Gasteiger partial charge in [0.25, 0.3) is 5.91 Å². The van der Waals surface area contributed by atoms with E-state index in [4.69, 9.17) is 5.73 Å². The molecule has 104 valence electrons. The van der Waals surface area contributed by atoms with Gasteiger partial charge in [0.2, 0.25) is 0 Å². The fourth-order valence-corrected chi connectivity index (χ4v) is 1.96. The Labute approximate surface area is 119 Å². The molecule has 0 unspecified atom stereocenters. The lowest BCUT2D eigenvalue weighted by Crippen LogP contribution is -2.36. The lowest BCUT2D eigenvalue weighted by molar-refractivity contribution is 0.0690. The standard InChI is InChI=1S/C16H19N3O/c1-12(2)19(11-13-5-7-15(17)8-6-13)16(20)14-4-3-9-18-10-14/h3-10,12H,11,17H2,1-2H3. The first-order valence-corrected chi connectivity index (χ1v) is 6.63. The number of benzene rings is 1. The molecule has 2 aromatic rings. The van der Waals surface area contributed by atoms with Crippen molar-refractivity contribution in [1.82, 2.24) is 9.88 Å². The quantitative estimate of drug-likeness (QED) is 0.868. The monoisotopic (exact) mass is 269 g/mol. The number of hydrogen-bond acceptors (Lipinski definition) is 3. The molecule has 0 bridgehead atoms. The number of nitrogens with two attached hydrogens (primary N) is 1. The van der Waals surface area contributed by atoms with E-state index in [2.05, 4.69) is 4.98 Å². The van der Waals surface area contributed by atoms with Crippen molar-refractivity contribution >= 4 is 11.6 Å². The van der Waals surface area contributed by atoms with Crippen LogP contribution in [0.1, 0.15) is 29.8 Å². The van der Waals surface area contributed by atoms with Gasteiger partial charge in [-0.25, -0.2) is 0 Å². The van der Waals surface area contributed by atoms with E-state index in [1.807, 2.05) is 43.0 Å². The molecule has 0 saturated heterocycles. The number of aromatic nitrogens is 1. The van der Waals surface area contributed by atoms with Crippen LogP contribution in [-0.2, 0) is 6.54 Å². The molecular formula is C16H19N3O. The summed E-state index contributed by atoms with van der Waals surface area (Å²) in [6.45, 7) is 4.57. The molecule has 4 nitrogen and oxygen atoms in total. The Morgan fingerprint density at radius 3 is 2.50 bits per heavy atom. The molecule has 1 amide bonds. The minimum atomic E-state index is -0.00933. The second kappa shape index (κ2) is 6.19. The summed E-state index contributed by atoms with van der Waals surface area (Å²) < 4.78 is 0. The maximum absolute atomic E-state index is 12.5. The highest BCUT2D eigenvalue weighted by molar-refractivity contribution is 5.94. The van der Waals surface area contributed by atoms with E-state index in [1.165, 1.54) is 0 Å². The van der Waals surface area contributed by atoms with E-state index in [0.717, 1.165) is 11.3 Å². The van der Waals surface area contributed by atoms with Crippen molar-refractivity contribution in [3.63, 3.8) is 0 Å². The number of hydrogen-bond donors (Lipinski definition) is 1. The lowest BCUT2D eigenvalue weighted by atomic mass is 10.1. The molecular weight excluding hydrogens is 250 g/mol. The Bertz CT molecular complexity index is 564. The van der Waals surface area contributed by atoms with Crippen molar-refractivity contribution in [2.75, 3.05) is 5.73 Å². The van der Waals surface area contributed by atoms with E-state index in [-0.39, 0.29) is 11.9 Å². The number of carbonyl (C=O) groups excluding carboxylic acids is 1. The third kappa shape index (κ3) is 3.35. The zero-order valence-electron chi connectivity index (χ0n) is 11.8. The summed E-state index contributed by atoms with van der Waals surface area (Å²) in [5, 5.41) is 0. The van der Waals surface area contributed by atoms with Gasteiger partial charge in [0.15, 0.2) is 0 Å². The summed E-state index contributed by atoms with van der Waals surface area (Å²) in [4.78, 5) is 18.3.